The summed E-state index contributed by atoms with van der Waals surface area (Å²) in [4.78, 5) is 0. The number of hydrogen-bond donors (Lipinski definition) is 1. The van der Waals surface area contributed by atoms with Crippen molar-refractivity contribution >= 4 is 19.9 Å². The molecule has 0 radical (unpaired) electrons. The predicted octanol–water partition coefficient (Wildman–Crippen LogP) is -1.77. The largest absolute Gasteiger partial charge is 0.356 e. The van der Waals surface area contributed by atoms with Gasteiger partial charge in [0, 0.05) is 10.2 Å². The van der Waals surface area contributed by atoms with Gasteiger partial charge in [-0.3, -0.25) is 0 Å². The molecule has 1 nitrogen and oxygen atoms in total. The number of hydrogen-bond acceptors (Lipinski definition) is 1. The molecule has 0 fully saturated rings. The van der Waals surface area contributed by atoms with Gasteiger partial charge in [0.05, 0.1) is 9.68 Å². The van der Waals surface area contributed by atoms with E-state index in [-0.39, 0.29) is 9.68 Å². The van der Waals surface area contributed by atoms with Gasteiger partial charge in [0.2, 0.25) is 0 Å². The Morgan fingerprint density at radius 3 is 2.40 bits per heavy atom. The normalized spacial score (nSPS) is 11.4. The molecule has 0 aliphatic carbocycles. The molecule has 0 aliphatic rings. The molecule has 0 aliphatic heterocycles. The second-order valence-electron chi connectivity index (χ2n) is 1.14. The van der Waals surface area contributed by atoms with E-state index < -0.39 is 0 Å². The zero-order valence-corrected chi connectivity index (χ0v) is 7.11. The van der Waals surface area contributed by atoms with E-state index in [1.54, 1.807) is 0 Å². The minimum absolute atomic E-state index is 0.0513. The molecule has 3 heteroatoms. The lowest BCUT2D eigenvalue weighted by Crippen LogP contribution is -2.01. The Hall–Kier alpha value is 0.394. The number of nitrogens with two attached hydrogens (primary N) is 1. The van der Waals surface area contributed by atoms with E-state index in [1.807, 2.05) is 0 Å². The fourth-order valence-electron chi connectivity index (χ4n) is 0.204. The fourth-order valence-corrected chi connectivity index (χ4v) is 1.84. The molecule has 0 aromatic carbocycles. The summed E-state index contributed by atoms with van der Waals surface area (Å²) in [6.45, 7) is 0. The summed E-state index contributed by atoms with van der Waals surface area (Å²) in [5.74, 6) is 0. The molecule has 0 bridgehead atoms. The number of rotatable bonds is 2. The lowest BCUT2D eigenvalue weighted by Gasteiger charge is -1.78. The Morgan fingerprint density at radius 1 is 1.80 bits per heavy atom. The van der Waals surface area contributed by atoms with E-state index in [0.717, 1.165) is 0 Å². The predicted molar refractivity (Wildman–Crippen MR) is 32.3 cm³/mol. The van der Waals surface area contributed by atoms with Crippen LogP contribution in [0.25, 0.3) is 0 Å². The van der Waals surface area contributed by atoms with Gasteiger partial charge in [0.1, 0.15) is 0 Å². The Balaban J connectivity index is 2.19. The second kappa shape index (κ2) is 4.39. The molecule has 5 heavy (non-hydrogen) atoms. The summed E-state index contributed by atoms with van der Waals surface area (Å²) in [7, 11) is 1.30. The quantitative estimate of drug-likeness (QED) is 0.413. The zero-order chi connectivity index (χ0) is 4.12. The molecule has 0 amide bonds. The molecule has 0 rings (SSSR count). The maximum absolute atomic E-state index is 5.30. The van der Waals surface area contributed by atoms with E-state index in [2.05, 4.69) is 0 Å². The Kier molecular flexibility index (Phi) is 4.74. The van der Waals surface area contributed by atoms with Gasteiger partial charge in [-0.2, -0.15) is 0 Å². The third kappa shape index (κ3) is 4.39. The molecule has 0 heterocycles. The Labute approximate surface area is 38.3 Å². The average molecular weight is 105 g/mol. The molecular formula is C2H11NSi2. The van der Waals surface area contributed by atoms with Crippen LogP contribution in [0.2, 0.25) is 12.1 Å². The van der Waals surface area contributed by atoms with Crippen LogP contribution in [-0.2, 0) is 0 Å². The summed E-state index contributed by atoms with van der Waals surface area (Å²) in [5, 5.41) is 5.30. The first-order valence-electron chi connectivity index (χ1n) is 2.12. The lowest BCUT2D eigenvalue weighted by molar-refractivity contribution is 1.42. The van der Waals surface area contributed by atoms with Crippen molar-refractivity contribution in [1.29, 1.82) is 0 Å². The fraction of sp³-hybridized carbons (Fsp3) is 1.00. The topological polar surface area (TPSA) is 26.0 Å². The SMILES string of the molecule is N[SiH2]CC[SiH3]. The highest BCUT2D eigenvalue weighted by atomic mass is 28.2. The minimum atomic E-state index is -0.0513. The van der Waals surface area contributed by atoms with Crippen molar-refractivity contribution in [2.24, 2.45) is 5.40 Å². The molecule has 0 spiro atoms. The van der Waals surface area contributed by atoms with Crippen LogP contribution >= 0.6 is 0 Å². The van der Waals surface area contributed by atoms with Crippen LogP contribution in [0.15, 0.2) is 0 Å². The van der Waals surface area contributed by atoms with Crippen molar-refractivity contribution in [2.75, 3.05) is 0 Å². The molecule has 32 valence electrons. The average Bonchev–Trinajstić information content (AvgIpc) is 1.41. The van der Waals surface area contributed by atoms with Gasteiger partial charge in [-0.05, 0) is 0 Å². The Bertz CT molecular complexity index is 15.1. The second-order valence-corrected chi connectivity index (χ2v) is 3.43. The van der Waals surface area contributed by atoms with E-state index in [9.17, 15) is 0 Å². The van der Waals surface area contributed by atoms with Gasteiger partial charge in [-0.15, -0.1) is 0 Å². The summed E-state index contributed by atoms with van der Waals surface area (Å²) in [5.41, 5.74) is 0. The highest BCUT2D eigenvalue weighted by Crippen LogP contribution is 1.74. The first-order valence-corrected chi connectivity index (χ1v) is 5.35. The first kappa shape index (κ1) is 5.39. The summed E-state index contributed by atoms with van der Waals surface area (Å²) in [6, 6.07) is 2.79. The maximum atomic E-state index is 5.30. The van der Waals surface area contributed by atoms with Crippen LogP contribution in [0.5, 0.6) is 0 Å². The van der Waals surface area contributed by atoms with Crippen molar-refractivity contribution in [2.45, 2.75) is 12.1 Å². The summed E-state index contributed by atoms with van der Waals surface area (Å²) < 4.78 is 0. The van der Waals surface area contributed by atoms with Crippen LogP contribution < -0.4 is 5.40 Å². The summed E-state index contributed by atoms with van der Waals surface area (Å²) >= 11 is 0. The van der Waals surface area contributed by atoms with Crippen LogP contribution in [0.1, 0.15) is 0 Å². The third-order valence-electron chi connectivity index (χ3n) is 0.558. The highest BCUT2D eigenvalue weighted by molar-refractivity contribution is 6.32. The molecule has 0 saturated carbocycles. The van der Waals surface area contributed by atoms with Gasteiger partial charge >= 0.3 is 0 Å². The van der Waals surface area contributed by atoms with Crippen molar-refractivity contribution in [3.8, 4) is 0 Å². The van der Waals surface area contributed by atoms with Crippen molar-refractivity contribution in [3.63, 3.8) is 0 Å². The highest BCUT2D eigenvalue weighted by Gasteiger charge is 1.70. The standard InChI is InChI=1S/C2H11NSi2/c3-5-2-1-4/h1-3,5H2,4H3. The Morgan fingerprint density at radius 2 is 2.40 bits per heavy atom. The molecule has 0 aromatic rings. The van der Waals surface area contributed by atoms with Gasteiger partial charge in [-0.1, -0.05) is 12.1 Å². The van der Waals surface area contributed by atoms with E-state index in [0.29, 0.717) is 0 Å². The summed E-state index contributed by atoms with van der Waals surface area (Å²) in [6.07, 6.45) is 0. The van der Waals surface area contributed by atoms with Gasteiger partial charge in [0.15, 0.2) is 0 Å². The van der Waals surface area contributed by atoms with Gasteiger partial charge in [-0.25, -0.2) is 0 Å². The van der Waals surface area contributed by atoms with Crippen LogP contribution in [-0.4, -0.2) is 19.9 Å². The molecule has 0 saturated heterocycles. The monoisotopic (exact) mass is 105 g/mol. The first-order chi connectivity index (χ1) is 2.41. The van der Waals surface area contributed by atoms with Crippen LogP contribution in [0.3, 0.4) is 0 Å². The van der Waals surface area contributed by atoms with Crippen LogP contribution in [0, 0.1) is 0 Å². The minimum Gasteiger partial charge on any atom is -0.356 e. The van der Waals surface area contributed by atoms with Crippen LogP contribution in [0.4, 0.5) is 0 Å². The van der Waals surface area contributed by atoms with Crippen molar-refractivity contribution < 1.29 is 0 Å². The maximum Gasteiger partial charge on any atom is 0.0884 e. The van der Waals surface area contributed by atoms with Crippen molar-refractivity contribution in [1.82, 2.24) is 0 Å². The van der Waals surface area contributed by atoms with Gasteiger partial charge < -0.3 is 5.40 Å². The van der Waals surface area contributed by atoms with Crippen molar-refractivity contribution in [3.05, 3.63) is 0 Å². The lowest BCUT2D eigenvalue weighted by atomic mass is 11.0. The van der Waals surface area contributed by atoms with Gasteiger partial charge in [0.25, 0.3) is 0 Å². The zero-order valence-electron chi connectivity index (χ0n) is 3.70. The molecule has 2 N–H and O–H groups in total. The van der Waals surface area contributed by atoms with E-state index >= 15 is 0 Å². The smallest absolute Gasteiger partial charge is 0.0884 e. The third-order valence-corrected chi connectivity index (χ3v) is 3.79. The molecule has 0 aromatic heterocycles. The molecule has 0 atom stereocenters. The van der Waals surface area contributed by atoms with E-state index in [1.165, 1.54) is 22.3 Å². The van der Waals surface area contributed by atoms with E-state index in [4.69, 9.17) is 5.40 Å². The molecule has 0 unspecified atom stereocenters. The molecular weight excluding hydrogens is 94.2 g/mol.